The Morgan fingerprint density at radius 2 is 2.00 bits per heavy atom. The molecular formula is C15H30N2O3. The van der Waals surface area contributed by atoms with E-state index in [4.69, 9.17) is 9.47 Å². The standard InChI is InChI=1S/C15H30N2O3/c1-6-19-14(18)15(4,16-5)8-7-9-17-10-12(2)20-13(3)11-17/h12-13,16H,6-11H2,1-5H3. The molecule has 1 aliphatic heterocycles. The summed E-state index contributed by atoms with van der Waals surface area (Å²) in [6, 6.07) is 0. The van der Waals surface area contributed by atoms with Gasteiger partial charge in [0.25, 0.3) is 0 Å². The number of ether oxygens (including phenoxy) is 2. The lowest BCUT2D eigenvalue weighted by Gasteiger charge is -2.36. The van der Waals surface area contributed by atoms with Crippen LogP contribution in [0.5, 0.6) is 0 Å². The predicted octanol–water partition coefficient (Wildman–Crippen LogP) is 1.42. The van der Waals surface area contributed by atoms with E-state index >= 15 is 0 Å². The second-order valence-electron chi connectivity index (χ2n) is 5.92. The lowest BCUT2D eigenvalue weighted by atomic mass is 9.96. The average Bonchev–Trinajstić information content (AvgIpc) is 2.37. The molecule has 1 rings (SSSR count). The Labute approximate surface area is 123 Å². The van der Waals surface area contributed by atoms with Gasteiger partial charge in [-0.15, -0.1) is 0 Å². The zero-order valence-electron chi connectivity index (χ0n) is 13.6. The first-order valence-electron chi connectivity index (χ1n) is 7.65. The minimum Gasteiger partial charge on any atom is -0.465 e. The van der Waals surface area contributed by atoms with Crippen LogP contribution in [-0.4, -0.2) is 61.9 Å². The Balaban J connectivity index is 2.39. The van der Waals surface area contributed by atoms with Gasteiger partial charge in [-0.3, -0.25) is 9.69 Å². The Hall–Kier alpha value is -0.650. The van der Waals surface area contributed by atoms with Crippen molar-refractivity contribution < 1.29 is 14.3 Å². The molecule has 1 fully saturated rings. The van der Waals surface area contributed by atoms with Crippen molar-refractivity contribution in [3.8, 4) is 0 Å². The first-order chi connectivity index (χ1) is 9.41. The highest BCUT2D eigenvalue weighted by atomic mass is 16.5. The fraction of sp³-hybridized carbons (Fsp3) is 0.933. The molecule has 5 nitrogen and oxygen atoms in total. The quantitative estimate of drug-likeness (QED) is 0.717. The summed E-state index contributed by atoms with van der Waals surface area (Å²) in [4.78, 5) is 14.4. The number of hydrogen-bond donors (Lipinski definition) is 1. The average molecular weight is 286 g/mol. The molecule has 20 heavy (non-hydrogen) atoms. The Bertz CT molecular complexity index is 301. The van der Waals surface area contributed by atoms with Gasteiger partial charge in [-0.05, 0) is 54.1 Å². The second kappa shape index (κ2) is 7.96. The summed E-state index contributed by atoms with van der Waals surface area (Å²) >= 11 is 0. The van der Waals surface area contributed by atoms with E-state index in [-0.39, 0.29) is 5.97 Å². The zero-order valence-corrected chi connectivity index (χ0v) is 13.6. The molecule has 1 aliphatic rings. The maximum atomic E-state index is 12.0. The summed E-state index contributed by atoms with van der Waals surface area (Å²) in [5.41, 5.74) is -0.584. The van der Waals surface area contributed by atoms with E-state index in [1.54, 1.807) is 0 Å². The molecule has 118 valence electrons. The maximum Gasteiger partial charge on any atom is 0.326 e. The van der Waals surface area contributed by atoms with Crippen LogP contribution >= 0.6 is 0 Å². The topological polar surface area (TPSA) is 50.8 Å². The van der Waals surface area contributed by atoms with Crippen LogP contribution in [0.25, 0.3) is 0 Å². The molecule has 3 unspecified atom stereocenters. The van der Waals surface area contributed by atoms with Gasteiger partial charge < -0.3 is 14.8 Å². The molecule has 0 aromatic heterocycles. The molecule has 3 atom stereocenters. The van der Waals surface area contributed by atoms with Gasteiger partial charge in [-0.25, -0.2) is 0 Å². The van der Waals surface area contributed by atoms with Crippen molar-refractivity contribution in [1.82, 2.24) is 10.2 Å². The third kappa shape index (κ3) is 5.04. The lowest BCUT2D eigenvalue weighted by Crippen LogP contribution is -2.50. The molecule has 1 heterocycles. The van der Waals surface area contributed by atoms with Crippen LogP contribution in [0.4, 0.5) is 0 Å². The molecule has 0 aromatic rings. The predicted molar refractivity (Wildman–Crippen MR) is 79.8 cm³/mol. The highest BCUT2D eigenvalue weighted by Crippen LogP contribution is 2.17. The summed E-state index contributed by atoms with van der Waals surface area (Å²) in [5.74, 6) is -0.161. The molecule has 0 aromatic carbocycles. The number of nitrogens with one attached hydrogen (secondary N) is 1. The number of esters is 1. The van der Waals surface area contributed by atoms with Gasteiger partial charge in [-0.1, -0.05) is 0 Å². The second-order valence-corrected chi connectivity index (χ2v) is 5.92. The number of morpholine rings is 1. The number of rotatable bonds is 7. The minimum atomic E-state index is -0.584. The van der Waals surface area contributed by atoms with E-state index in [1.807, 2.05) is 20.9 Å². The molecule has 0 bridgehead atoms. The molecule has 5 heteroatoms. The van der Waals surface area contributed by atoms with E-state index in [1.165, 1.54) is 0 Å². The molecule has 0 spiro atoms. The SMILES string of the molecule is CCOC(=O)C(C)(CCCN1CC(C)OC(C)C1)NC. The van der Waals surface area contributed by atoms with Gasteiger partial charge >= 0.3 is 5.97 Å². The van der Waals surface area contributed by atoms with Crippen LogP contribution < -0.4 is 5.32 Å². The monoisotopic (exact) mass is 286 g/mol. The van der Waals surface area contributed by atoms with E-state index < -0.39 is 5.54 Å². The molecule has 0 aliphatic carbocycles. The van der Waals surface area contributed by atoms with Crippen molar-refractivity contribution >= 4 is 5.97 Å². The molecule has 1 N–H and O–H groups in total. The lowest BCUT2D eigenvalue weighted by molar-refractivity contribution is -0.150. The summed E-state index contributed by atoms with van der Waals surface area (Å²) in [6.45, 7) is 11.3. The maximum absolute atomic E-state index is 12.0. The van der Waals surface area contributed by atoms with E-state index in [2.05, 4.69) is 24.1 Å². The number of likely N-dealkylation sites (N-methyl/N-ethyl adjacent to an activating group) is 1. The van der Waals surface area contributed by atoms with Crippen LogP contribution in [0.1, 0.15) is 40.5 Å². The Morgan fingerprint density at radius 1 is 1.40 bits per heavy atom. The molecule has 0 saturated carbocycles. The van der Waals surface area contributed by atoms with Crippen LogP contribution in [0.3, 0.4) is 0 Å². The van der Waals surface area contributed by atoms with Gasteiger partial charge in [0.2, 0.25) is 0 Å². The van der Waals surface area contributed by atoms with E-state index in [9.17, 15) is 4.79 Å². The first kappa shape index (κ1) is 17.4. The summed E-state index contributed by atoms with van der Waals surface area (Å²) in [7, 11) is 1.82. The third-order valence-corrected chi connectivity index (χ3v) is 3.92. The number of carbonyl (C=O) groups excluding carboxylic acids is 1. The van der Waals surface area contributed by atoms with Crippen molar-refractivity contribution in [2.75, 3.05) is 33.3 Å². The largest absolute Gasteiger partial charge is 0.465 e. The first-order valence-corrected chi connectivity index (χ1v) is 7.65. The van der Waals surface area contributed by atoms with E-state index in [0.29, 0.717) is 18.8 Å². The van der Waals surface area contributed by atoms with Gasteiger partial charge in [0.15, 0.2) is 0 Å². The van der Waals surface area contributed by atoms with Gasteiger partial charge in [0, 0.05) is 13.1 Å². The van der Waals surface area contributed by atoms with Crippen LogP contribution in [0.15, 0.2) is 0 Å². The number of nitrogens with zero attached hydrogens (tertiary/aromatic N) is 1. The van der Waals surface area contributed by atoms with Gasteiger partial charge in [-0.2, -0.15) is 0 Å². The van der Waals surface area contributed by atoms with Crippen molar-refractivity contribution in [2.24, 2.45) is 0 Å². The summed E-state index contributed by atoms with van der Waals surface area (Å²) < 4.78 is 10.9. The fourth-order valence-corrected chi connectivity index (χ4v) is 2.74. The fourth-order valence-electron chi connectivity index (χ4n) is 2.74. The Kier molecular flexibility index (Phi) is 6.92. The van der Waals surface area contributed by atoms with Crippen molar-refractivity contribution in [3.63, 3.8) is 0 Å². The molecule has 1 saturated heterocycles. The molecular weight excluding hydrogens is 256 g/mol. The van der Waals surface area contributed by atoms with Crippen LogP contribution in [0.2, 0.25) is 0 Å². The minimum absolute atomic E-state index is 0.161. The summed E-state index contributed by atoms with van der Waals surface area (Å²) in [5, 5.41) is 3.10. The highest BCUT2D eigenvalue weighted by molar-refractivity contribution is 5.80. The van der Waals surface area contributed by atoms with Crippen molar-refractivity contribution in [2.45, 2.75) is 58.3 Å². The van der Waals surface area contributed by atoms with Crippen molar-refractivity contribution in [1.29, 1.82) is 0 Å². The van der Waals surface area contributed by atoms with Gasteiger partial charge in [0.05, 0.1) is 18.8 Å². The Morgan fingerprint density at radius 3 is 2.50 bits per heavy atom. The van der Waals surface area contributed by atoms with Crippen LogP contribution in [0, 0.1) is 0 Å². The van der Waals surface area contributed by atoms with Gasteiger partial charge in [0.1, 0.15) is 5.54 Å². The number of carbonyl (C=O) groups is 1. The number of hydrogen-bond acceptors (Lipinski definition) is 5. The van der Waals surface area contributed by atoms with Crippen molar-refractivity contribution in [3.05, 3.63) is 0 Å². The van der Waals surface area contributed by atoms with E-state index in [0.717, 1.165) is 32.5 Å². The molecule has 0 amide bonds. The zero-order chi connectivity index (χ0) is 15.2. The molecule has 0 radical (unpaired) electrons. The van der Waals surface area contributed by atoms with Crippen LogP contribution in [-0.2, 0) is 14.3 Å². The summed E-state index contributed by atoms with van der Waals surface area (Å²) in [6.07, 6.45) is 2.33. The smallest absolute Gasteiger partial charge is 0.326 e. The highest BCUT2D eigenvalue weighted by Gasteiger charge is 2.32. The normalized spacial score (nSPS) is 27.1. The third-order valence-electron chi connectivity index (χ3n) is 3.92.